The topological polar surface area (TPSA) is 95.9 Å². The van der Waals surface area contributed by atoms with E-state index in [9.17, 15) is 13.2 Å². The number of carboxylic acids is 1. The Morgan fingerprint density at radius 1 is 1.42 bits per heavy atom. The zero-order valence-corrected chi connectivity index (χ0v) is 12.0. The second-order valence-electron chi connectivity index (χ2n) is 4.56. The molecule has 0 saturated carbocycles. The number of piperidine rings is 1. The summed E-state index contributed by atoms with van der Waals surface area (Å²) in [6.45, 7) is 1.15. The van der Waals surface area contributed by atoms with Gasteiger partial charge in [0.25, 0.3) is 10.2 Å². The molecule has 0 aromatic carbocycles. The minimum absolute atomic E-state index is 0.268. The third-order valence-electron chi connectivity index (χ3n) is 3.11. The van der Waals surface area contributed by atoms with Crippen molar-refractivity contribution >= 4 is 16.2 Å². The van der Waals surface area contributed by atoms with Crippen LogP contribution in [-0.2, 0) is 19.7 Å². The predicted molar refractivity (Wildman–Crippen MR) is 70.0 cm³/mol. The number of hydrogen-bond acceptors (Lipinski definition) is 4. The van der Waals surface area contributed by atoms with Crippen LogP contribution in [-0.4, -0.2) is 56.6 Å². The molecule has 2 N–H and O–H groups in total. The van der Waals surface area contributed by atoms with E-state index in [-0.39, 0.29) is 6.54 Å². The molecule has 1 saturated heterocycles. The molecule has 1 atom stereocenters. The van der Waals surface area contributed by atoms with Crippen molar-refractivity contribution < 1.29 is 23.1 Å². The van der Waals surface area contributed by atoms with Gasteiger partial charge in [-0.2, -0.15) is 12.7 Å². The molecular formula is C11H22N2O5S. The third kappa shape index (κ3) is 5.06. The normalized spacial score (nSPS) is 21.4. The van der Waals surface area contributed by atoms with E-state index in [0.29, 0.717) is 32.4 Å². The molecule has 1 unspecified atom stereocenters. The van der Waals surface area contributed by atoms with Gasteiger partial charge in [0.15, 0.2) is 0 Å². The summed E-state index contributed by atoms with van der Waals surface area (Å²) < 4.78 is 32.5. The Kier molecular flexibility index (Phi) is 6.70. The summed E-state index contributed by atoms with van der Waals surface area (Å²) in [5.74, 6) is -1.08. The van der Waals surface area contributed by atoms with E-state index in [2.05, 4.69) is 4.72 Å². The number of unbranched alkanes of at least 4 members (excludes halogenated alkanes) is 1. The smallest absolute Gasteiger partial charge is 0.322 e. The number of methoxy groups -OCH3 is 1. The number of nitrogens with one attached hydrogen (secondary N) is 1. The minimum Gasteiger partial charge on any atom is -0.480 e. The molecule has 0 radical (unpaired) electrons. The van der Waals surface area contributed by atoms with E-state index in [4.69, 9.17) is 9.84 Å². The average molecular weight is 294 g/mol. The van der Waals surface area contributed by atoms with Gasteiger partial charge in [-0.15, -0.1) is 0 Å². The van der Waals surface area contributed by atoms with Crippen molar-refractivity contribution in [2.24, 2.45) is 0 Å². The zero-order valence-electron chi connectivity index (χ0n) is 11.2. The maximum absolute atomic E-state index is 12.1. The first-order valence-electron chi connectivity index (χ1n) is 6.47. The summed E-state index contributed by atoms with van der Waals surface area (Å²) in [6, 6.07) is -0.940. The Balaban J connectivity index is 2.52. The van der Waals surface area contributed by atoms with Crippen LogP contribution in [0.1, 0.15) is 32.1 Å². The molecule has 0 spiro atoms. The molecule has 0 aliphatic carbocycles. The van der Waals surface area contributed by atoms with Crippen LogP contribution in [0.4, 0.5) is 0 Å². The summed E-state index contributed by atoms with van der Waals surface area (Å²) in [6.07, 6.45) is 3.26. The van der Waals surface area contributed by atoms with Crippen molar-refractivity contribution in [2.45, 2.75) is 38.1 Å². The van der Waals surface area contributed by atoms with Gasteiger partial charge in [0, 0.05) is 26.8 Å². The lowest BCUT2D eigenvalue weighted by Crippen LogP contribution is -2.52. The minimum atomic E-state index is -3.70. The van der Waals surface area contributed by atoms with E-state index in [1.807, 2.05) is 0 Å². The Hall–Kier alpha value is -0.700. The number of carboxylic acid groups (broad SMARTS) is 1. The van der Waals surface area contributed by atoms with Gasteiger partial charge in [-0.25, -0.2) is 4.72 Å². The van der Waals surface area contributed by atoms with Gasteiger partial charge in [-0.05, 0) is 32.1 Å². The van der Waals surface area contributed by atoms with Gasteiger partial charge >= 0.3 is 5.97 Å². The Morgan fingerprint density at radius 3 is 2.79 bits per heavy atom. The molecule has 1 fully saturated rings. The summed E-state index contributed by atoms with van der Waals surface area (Å²) >= 11 is 0. The molecule has 1 heterocycles. The van der Waals surface area contributed by atoms with Gasteiger partial charge in [0.05, 0.1) is 0 Å². The Labute approximate surface area is 114 Å². The summed E-state index contributed by atoms with van der Waals surface area (Å²) in [5.41, 5.74) is 0. The Morgan fingerprint density at radius 2 is 2.16 bits per heavy atom. The number of carbonyl (C=O) groups is 1. The number of rotatable bonds is 8. The summed E-state index contributed by atoms with van der Waals surface area (Å²) in [7, 11) is -2.11. The van der Waals surface area contributed by atoms with Gasteiger partial charge in [0.1, 0.15) is 6.04 Å². The first kappa shape index (κ1) is 16.4. The molecule has 0 aromatic heterocycles. The van der Waals surface area contributed by atoms with Gasteiger partial charge in [-0.1, -0.05) is 0 Å². The summed E-state index contributed by atoms with van der Waals surface area (Å²) in [4.78, 5) is 11.1. The standard InChI is InChI=1S/C11H22N2O5S/c1-18-9-5-3-7-12-19(16,17)13-8-4-2-6-10(13)11(14)15/h10,12H,2-9H2,1H3,(H,14,15). The molecular weight excluding hydrogens is 272 g/mol. The summed E-state index contributed by atoms with van der Waals surface area (Å²) in [5, 5.41) is 9.06. The van der Waals surface area contributed by atoms with Crippen molar-refractivity contribution in [2.75, 3.05) is 26.8 Å². The third-order valence-corrected chi connectivity index (χ3v) is 4.73. The van der Waals surface area contributed by atoms with E-state index in [1.54, 1.807) is 7.11 Å². The molecule has 8 heteroatoms. The highest BCUT2D eigenvalue weighted by molar-refractivity contribution is 7.87. The average Bonchev–Trinajstić information content (AvgIpc) is 2.38. The molecule has 7 nitrogen and oxygen atoms in total. The van der Waals surface area contributed by atoms with Crippen molar-refractivity contribution in [3.63, 3.8) is 0 Å². The predicted octanol–water partition coefficient (Wildman–Crippen LogP) is 0.187. The highest BCUT2D eigenvalue weighted by atomic mass is 32.2. The van der Waals surface area contributed by atoms with Gasteiger partial charge < -0.3 is 9.84 Å². The maximum Gasteiger partial charge on any atom is 0.322 e. The second kappa shape index (κ2) is 7.78. The monoisotopic (exact) mass is 294 g/mol. The fraction of sp³-hybridized carbons (Fsp3) is 0.909. The van der Waals surface area contributed by atoms with E-state index >= 15 is 0 Å². The lowest BCUT2D eigenvalue weighted by Gasteiger charge is -2.31. The zero-order chi connectivity index (χ0) is 14.3. The molecule has 1 rings (SSSR count). The number of nitrogens with zero attached hydrogens (tertiary/aromatic N) is 1. The van der Waals surface area contributed by atoms with Crippen LogP contribution in [0, 0.1) is 0 Å². The number of ether oxygens (including phenoxy) is 1. The molecule has 19 heavy (non-hydrogen) atoms. The van der Waals surface area contributed by atoms with Crippen LogP contribution in [0.5, 0.6) is 0 Å². The quantitative estimate of drug-likeness (QED) is 0.623. The highest BCUT2D eigenvalue weighted by Crippen LogP contribution is 2.19. The first-order valence-corrected chi connectivity index (χ1v) is 7.91. The van der Waals surface area contributed by atoms with Crippen molar-refractivity contribution in [3.05, 3.63) is 0 Å². The Bertz CT molecular complexity index is 385. The van der Waals surface area contributed by atoms with Crippen molar-refractivity contribution in [3.8, 4) is 0 Å². The van der Waals surface area contributed by atoms with Crippen LogP contribution >= 0.6 is 0 Å². The van der Waals surface area contributed by atoms with E-state index < -0.39 is 22.2 Å². The maximum atomic E-state index is 12.1. The van der Waals surface area contributed by atoms with Gasteiger partial charge in [-0.3, -0.25) is 4.79 Å². The van der Waals surface area contributed by atoms with Crippen LogP contribution < -0.4 is 4.72 Å². The SMILES string of the molecule is COCCCCNS(=O)(=O)N1CCCCC1C(=O)O. The number of hydrogen-bond donors (Lipinski definition) is 2. The molecule has 1 aliphatic rings. The van der Waals surface area contributed by atoms with Crippen LogP contribution in [0.2, 0.25) is 0 Å². The van der Waals surface area contributed by atoms with Crippen molar-refractivity contribution in [1.29, 1.82) is 0 Å². The second-order valence-corrected chi connectivity index (χ2v) is 6.27. The molecule has 0 aromatic rings. The van der Waals surface area contributed by atoms with Crippen molar-refractivity contribution in [1.82, 2.24) is 9.03 Å². The molecule has 1 aliphatic heterocycles. The van der Waals surface area contributed by atoms with E-state index in [1.165, 1.54) is 0 Å². The first-order chi connectivity index (χ1) is 8.99. The highest BCUT2D eigenvalue weighted by Gasteiger charge is 2.36. The van der Waals surface area contributed by atoms with Crippen LogP contribution in [0.3, 0.4) is 0 Å². The fourth-order valence-corrected chi connectivity index (χ4v) is 3.56. The fourth-order valence-electron chi connectivity index (χ4n) is 2.09. The van der Waals surface area contributed by atoms with Crippen LogP contribution in [0.25, 0.3) is 0 Å². The lowest BCUT2D eigenvalue weighted by molar-refractivity contribution is -0.142. The molecule has 0 amide bonds. The van der Waals surface area contributed by atoms with E-state index in [0.717, 1.165) is 17.1 Å². The lowest BCUT2D eigenvalue weighted by atomic mass is 10.1. The van der Waals surface area contributed by atoms with Gasteiger partial charge in [0.2, 0.25) is 0 Å². The largest absolute Gasteiger partial charge is 0.480 e. The molecule has 112 valence electrons. The molecule has 0 bridgehead atoms. The number of aliphatic carboxylic acids is 1. The van der Waals surface area contributed by atoms with Crippen LogP contribution in [0.15, 0.2) is 0 Å².